The number of nitrogens with one attached hydrogen (secondary N) is 1. The van der Waals surface area contributed by atoms with Crippen LogP contribution in [0.5, 0.6) is 0 Å². The summed E-state index contributed by atoms with van der Waals surface area (Å²) in [4.78, 5) is 11.4. The highest BCUT2D eigenvalue weighted by molar-refractivity contribution is 5.35. The number of hydrogen-bond acceptors (Lipinski definition) is 5. The van der Waals surface area contributed by atoms with E-state index in [9.17, 15) is 0 Å². The second kappa shape index (κ2) is 6.99. The number of anilines is 1. The van der Waals surface area contributed by atoms with Crippen molar-refractivity contribution in [2.45, 2.75) is 52.3 Å². The third-order valence-electron chi connectivity index (χ3n) is 3.75. The Bertz CT molecular complexity index is 438. The minimum absolute atomic E-state index is 0.294. The minimum atomic E-state index is 0.294. The summed E-state index contributed by atoms with van der Waals surface area (Å²) < 4.78 is 5.63. The van der Waals surface area contributed by atoms with Crippen molar-refractivity contribution in [1.29, 1.82) is 0 Å². The largest absolute Gasteiger partial charge is 0.377 e. The number of hydrogen-bond donors (Lipinski definition) is 1. The summed E-state index contributed by atoms with van der Waals surface area (Å²) in [6.45, 7) is 8.87. The molecule has 2 rings (SSSR count). The van der Waals surface area contributed by atoms with Gasteiger partial charge < -0.3 is 10.1 Å². The molecule has 0 saturated carbocycles. The number of likely N-dealkylation sites (N-methyl/N-ethyl adjacent to an activating group) is 1. The Morgan fingerprint density at radius 2 is 2.25 bits per heavy atom. The quantitative estimate of drug-likeness (QED) is 0.864. The topological polar surface area (TPSA) is 50.3 Å². The molecule has 0 radical (unpaired) electrons. The van der Waals surface area contributed by atoms with E-state index in [2.05, 4.69) is 41.1 Å². The number of aryl methyl sites for hydroxylation is 1. The zero-order valence-electron chi connectivity index (χ0n) is 13.0. The maximum atomic E-state index is 5.63. The standard InChI is InChI=1S/C15H26N4O/c1-5-7-16-14-9-11(2)17-15(18-14)10-19(4)13-6-8-20-12(13)3/h9,12-13H,5-8,10H2,1-4H3,(H,16,17,18). The van der Waals surface area contributed by atoms with Crippen LogP contribution in [0.1, 0.15) is 38.2 Å². The molecule has 0 spiro atoms. The predicted molar refractivity (Wildman–Crippen MR) is 80.8 cm³/mol. The van der Waals surface area contributed by atoms with Crippen LogP contribution in [0.4, 0.5) is 5.82 Å². The third kappa shape index (κ3) is 3.90. The van der Waals surface area contributed by atoms with Gasteiger partial charge in [-0.2, -0.15) is 0 Å². The van der Waals surface area contributed by atoms with E-state index >= 15 is 0 Å². The van der Waals surface area contributed by atoms with E-state index in [1.165, 1.54) is 0 Å². The molecule has 1 aromatic heterocycles. The van der Waals surface area contributed by atoms with E-state index in [0.717, 1.165) is 49.9 Å². The maximum Gasteiger partial charge on any atom is 0.144 e. The van der Waals surface area contributed by atoms with Gasteiger partial charge in [0.15, 0.2) is 0 Å². The minimum Gasteiger partial charge on any atom is -0.377 e. The van der Waals surface area contributed by atoms with E-state index in [1.807, 2.05) is 13.0 Å². The first kappa shape index (κ1) is 15.2. The number of ether oxygens (including phenoxy) is 1. The second-order valence-electron chi connectivity index (χ2n) is 5.58. The highest BCUT2D eigenvalue weighted by Gasteiger charge is 2.28. The fraction of sp³-hybridized carbons (Fsp3) is 0.733. The molecule has 1 aliphatic rings. The predicted octanol–water partition coefficient (Wildman–Crippen LogP) is 2.22. The molecule has 1 saturated heterocycles. The average molecular weight is 278 g/mol. The van der Waals surface area contributed by atoms with Crippen LogP contribution in [0.15, 0.2) is 6.07 Å². The molecule has 2 unspecified atom stereocenters. The summed E-state index contributed by atoms with van der Waals surface area (Å²) in [5.74, 6) is 1.81. The summed E-state index contributed by atoms with van der Waals surface area (Å²) in [5.41, 5.74) is 1.01. The summed E-state index contributed by atoms with van der Waals surface area (Å²) in [7, 11) is 2.13. The molecule has 20 heavy (non-hydrogen) atoms. The lowest BCUT2D eigenvalue weighted by atomic mass is 10.1. The first-order valence-corrected chi connectivity index (χ1v) is 7.50. The molecular weight excluding hydrogens is 252 g/mol. The van der Waals surface area contributed by atoms with Gasteiger partial charge in [0.05, 0.1) is 12.6 Å². The smallest absolute Gasteiger partial charge is 0.144 e. The van der Waals surface area contributed by atoms with Gasteiger partial charge in [0.1, 0.15) is 11.6 Å². The molecule has 0 aliphatic carbocycles. The van der Waals surface area contributed by atoms with Crippen LogP contribution >= 0.6 is 0 Å². The van der Waals surface area contributed by atoms with Gasteiger partial charge in [0, 0.05) is 31.0 Å². The van der Waals surface area contributed by atoms with E-state index in [4.69, 9.17) is 4.74 Å². The van der Waals surface area contributed by atoms with Crippen molar-refractivity contribution in [3.63, 3.8) is 0 Å². The maximum absolute atomic E-state index is 5.63. The Balaban J connectivity index is 2.02. The molecule has 0 bridgehead atoms. The van der Waals surface area contributed by atoms with Crippen LogP contribution in [0.3, 0.4) is 0 Å². The van der Waals surface area contributed by atoms with E-state index in [1.54, 1.807) is 0 Å². The van der Waals surface area contributed by atoms with Crippen LogP contribution < -0.4 is 5.32 Å². The van der Waals surface area contributed by atoms with Gasteiger partial charge in [-0.3, -0.25) is 4.90 Å². The zero-order valence-corrected chi connectivity index (χ0v) is 13.0. The first-order chi connectivity index (χ1) is 9.60. The van der Waals surface area contributed by atoms with Crippen LogP contribution in [0, 0.1) is 6.92 Å². The van der Waals surface area contributed by atoms with Crippen LogP contribution in [0.2, 0.25) is 0 Å². The lowest BCUT2D eigenvalue weighted by molar-refractivity contribution is 0.0806. The lowest BCUT2D eigenvalue weighted by Gasteiger charge is -2.26. The molecule has 5 heteroatoms. The molecule has 1 fully saturated rings. The number of rotatable bonds is 6. The summed E-state index contributed by atoms with van der Waals surface area (Å²) in [6.07, 6.45) is 2.47. The summed E-state index contributed by atoms with van der Waals surface area (Å²) in [6, 6.07) is 2.46. The summed E-state index contributed by atoms with van der Waals surface area (Å²) >= 11 is 0. The second-order valence-corrected chi connectivity index (χ2v) is 5.58. The van der Waals surface area contributed by atoms with Crippen molar-refractivity contribution in [3.05, 3.63) is 17.6 Å². The Hall–Kier alpha value is -1.20. The SMILES string of the molecule is CCCNc1cc(C)nc(CN(C)C2CCOC2C)n1. The molecule has 2 atom stereocenters. The van der Waals surface area contributed by atoms with Gasteiger partial charge in [-0.05, 0) is 33.7 Å². The molecule has 1 aromatic rings. The Kier molecular flexibility index (Phi) is 5.31. The number of aromatic nitrogens is 2. The molecule has 0 amide bonds. The van der Waals surface area contributed by atoms with Gasteiger partial charge in [-0.25, -0.2) is 9.97 Å². The Morgan fingerprint density at radius 1 is 1.45 bits per heavy atom. The molecule has 5 nitrogen and oxygen atoms in total. The van der Waals surface area contributed by atoms with Crippen molar-refractivity contribution >= 4 is 5.82 Å². The van der Waals surface area contributed by atoms with Crippen molar-refractivity contribution in [3.8, 4) is 0 Å². The molecule has 1 N–H and O–H groups in total. The van der Waals surface area contributed by atoms with Crippen LogP contribution in [-0.4, -0.2) is 47.2 Å². The molecular formula is C15H26N4O. The first-order valence-electron chi connectivity index (χ1n) is 7.50. The molecule has 2 heterocycles. The van der Waals surface area contributed by atoms with Crippen molar-refractivity contribution < 1.29 is 4.74 Å². The zero-order chi connectivity index (χ0) is 14.5. The van der Waals surface area contributed by atoms with Gasteiger partial charge in [0.2, 0.25) is 0 Å². The average Bonchev–Trinajstić information content (AvgIpc) is 2.82. The van der Waals surface area contributed by atoms with Crippen LogP contribution in [-0.2, 0) is 11.3 Å². The summed E-state index contributed by atoms with van der Waals surface area (Å²) in [5, 5.41) is 3.33. The van der Waals surface area contributed by atoms with Gasteiger partial charge >= 0.3 is 0 Å². The molecule has 0 aromatic carbocycles. The Morgan fingerprint density at radius 3 is 2.90 bits per heavy atom. The third-order valence-corrected chi connectivity index (χ3v) is 3.75. The molecule has 1 aliphatic heterocycles. The van der Waals surface area contributed by atoms with E-state index in [0.29, 0.717) is 12.1 Å². The van der Waals surface area contributed by atoms with Gasteiger partial charge in [-0.15, -0.1) is 0 Å². The van der Waals surface area contributed by atoms with Gasteiger partial charge in [0.25, 0.3) is 0 Å². The number of nitrogens with zero attached hydrogens (tertiary/aromatic N) is 3. The van der Waals surface area contributed by atoms with Crippen molar-refractivity contribution in [1.82, 2.24) is 14.9 Å². The van der Waals surface area contributed by atoms with Crippen LogP contribution in [0.25, 0.3) is 0 Å². The molecule has 112 valence electrons. The highest BCUT2D eigenvalue weighted by atomic mass is 16.5. The lowest BCUT2D eigenvalue weighted by Crippen LogP contribution is -2.36. The normalized spacial score (nSPS) is 22.4. The fourth-order valence-corrected chi connectivity index (χ4v) is 2.68. The van der Waals surface area contributed by atoms with E-state index < -0.39 is 0 Å². The monoisotopic (exact) mass is 278 g/mol. The Labute approximate surface area is 121 Å². The fourth-order valence-electron chi connectivity index (χ4n) is 2.68. The van der Waals surface area contributed by atoms with Crippen molar-refractivity contribution in [2.75, 3.05) is 25.5 Å². The van der Waals surface area contributed by atoms with E-state index in [-0.39, 0.29) is 0 Å². The van der Waals surface area contributed by atoms with Gasteiger partial charge in [-0.1, -0.05) is 6.92 Å². The highest BCUT2D eigenvalue weighted by Crippen LogP contribution is 2.19. The van der Waals surface area contributed by atoms with Crippen molar-refractivity contribution in [2.24, 2.45) is 0 Å².